The minimum Gasteiger partial charge on any atom is -0.274 e. The van der Waals surface area contributed by atoms with Gasteiger partial charge in [-0.25, -0.2) is 0 Å². The second-order valence-electron chi connectivity index (χ2n) is 2.12. The SMILES string of the molecule is CC.CCc1ccc(SN)cc1. The van der Waals surface area contributed by atoms with Crippen molar-refractivity contribution in [3.05, 3.63) is 29.8 Å². The van der Waals surface area contributed by atoms with Crippen LogP contribution >= 0.6 is 11.9 Å². The van der Waals surface area contributed by atoms with E-state index >= 15 is 0 Å². The van der Waals surface area contributed by atoms with Crippen LogP contribution in [0.25, 0.3) is 0 Å². The van der Waals surface area contributed by atoms with Crippen LogP contribution in [-0.4, -0.2) is 0 Å². The summed E-state index contributed by atoms with van der Waals surface area (Å²) in [5, 5.41) is 5.36. The van der Waals surface area contributed by atoms with Crippen molar-refractivity contribution in [1.29, 1.82) is 0 Å². The Hall–Kier alpha value is -0.470. The molecule has 1 rings (SSSR count). The lowest BCUT2D eigenvalue weighted by Gasteiger charge is -1.96. The summed E-state index contributed by atoms with van der Waals surface area (Å²) in [7, 11) is 0. The van der Waals surface area contributed by atoms with E-state index in [-0.39, 0.29) is 0 Å². The van der Waals surface area contributed by atoms with Crippen molar-refractivity contribution >= 4 is 11.9 Å². The van der Waals surface area contributed by atoms with Crippen LogP contribution in [0.15, 0.2) is 29.2 Å². The van der Waals surface area contributed by atoms with Crippen LogP contribution in [0, 0.1) is 0 Å². The largest absolute Gasteiger partial charge is 0.274 e. The van der Waals surface area contributed by atoms with Crippen molar-refractivity contribution in [3.63, 3.8) is 0 Å². The summed E-state index contributed by atoms with van der Waals surface area (Å²) in [6.07, 6.45) is 1.09. The summed E-state index contributed by atoms with van der Waals surface area (Å²) >= 11 is 1.29. The van der Waals surface area contributed by atoms with E-state index in [0.29, 0.717) is 0 Å². The first-order valence-corrected chi connectivity index (χ1v) is 5.20. The predicted octanol–water partition coefficient (Wildman–Crippen LogP) is 3.24. The molecular formula is C10H17NS. The van der Waals surface area contributed by atoms with Crippen LogP contribution in [0.1, 0.15) is 26.3 Å². The third kappa shape index (κ3) is 3.79. The summed E-state index contributed by atoms with van der Waals surface area (Å²) in [6.45, 7) is 6.14. The number of benzene rings is 1. The third-order valence-corrected chi connectivity index (χ3v) is 2.01. The highest BCUT2D eigenvalue weighted by atomic mass is 32.2. The predicted molar refractivity (Wildman–Crippen MR) is 57.2 cm³/mol. The molecule has 2 N–H and O–H groups in total. The molecule has 0 saturated carbocycles. The Morgan fingerprint density at radius 3 is 2.00 bits per heavy atom. The standard InChI is InChI=1S/C8H11NS.C2H6/c1-2-7-3-5-8(10-9)6-4-7;1-2/h3-6H,2,9H2,1H3;1-2H3. The van der Waals surface area contributed by atoms with Gasteiger partial charge in [0, 0.05) is 4.90 Å². The van der Waals surface area contributed by atoms with Gasteiger partial charge >= 0.3 is 0 Å². The van der Waals surface area contributed by atoms with E-state index in [1.165, 1.54) is 17.5 Å². The van der Waals surface area contributed by atoms with E-state index in [1.54, 1.807) is 0 Å². The average Bonchev–Trinajstić information content (AvgIpc) is 2.21. The molecular weight excluding hydrogens is 166 g/mol. The lowest BCUT2D eigenvalue weighted by Crippen LogP contribution is -1.81. The molecule has 0 aliphatic carbocycles. The molecule has 0 atom stereocenters. The Labute approximate surface area is 79.5 Å². The molecule has 12 heavy (non-hydrogen) atoms. The normalized spacial score (nSPS) is 8.67. The molecule has 0 amide bonds. The molecule has 1 aromatic carbocycles. The van der Waals surface area contributed by atoms with Crippen molar-refractivity contribution in [2.75, 3.05) is 0 Å². The van der Waals surface area contributed by atoms with E-state index in [0.717, 1.165) is 11.3 Å². The van der Waals surface area contributed by atoms with E-state index in [1.807, 2.05) is 26.0 Å². The van der Waals surface area contributed by atoms with Gasteiger partial charge in [0.05, 0.1) is 0 Å². The Bertz CT molecular complexity index is 170. The highest BCUT2D eigenvalue weighted by Crippen LogP contribution is 2.12. The summed E-state index contributed by atoms with van der Waals surface area (Å²) in [6, 6.07) is 8.30. The molecule has 0 aromatic heterocycles. The number of rotatable bonds is 2. The van der Waals surface area contributed by atoms with Gasteiger partial charge in [0.15, 0.2) is 0 Å². The minimum absolute atomic E-state index is 1.09. The van der Waals surface area contributed by atoms with Gasteiger partial charge in [-0.1, -0.05) is 32.9 Å². The van der Waals surface area contributed by atoms with Crippen molar-refractivity contribution in [1.82, 2.24) is 0 Å². The van der Waals surface area contributed by atoms with Crippen molar-refractivity contribution in [2.45, 2.75) is 32.1 Å². The first-order chi connectivity index (χ1) is 5.86. The highest BCUT2D eigenvalue weighted by molar-refractivity contribution is 7.97. The smallest absolute Gasteiger partial charge is 0.0226 e. The molecule has 0 unspecified atom stereocenters. The second-order valence-corrected chi connectivity index (χ2v) is 2.82. The van der Waals surface area contributed by atoms with Crippen LogP contribution in [0.3, 0.4) is 0 Å². The zero-order chi connectivity index (χ0) is 9.40. The van der Waals surface area contributed by atoms with Crippen molar-refractivity contribution in [2.24, 2.45) is 5.14 Å². The molecule has 0 spiro atoms. The maximum absolute atomic E-state index is 5.36. The number of hydrogen-bond acceptors (Lipinski definition) is 2. The summed E-state index contributed by atoms with van der Waals surface area (Å²) in [5.74, 6) is 0. The van der Waals surface area contributed by atoms with E-state index < -0.39 is 0 Å². The van der Waals surface area contributed by atoms with E-state index in [2.05, 4.69) is 19.1 Å². The van der Waals surface area contributed by atoms with Crippen LogP contribution < -0.4 is 5.14 Å². The maximum atomic E-state index is 5.36. The summed E-state index contributed by atoms with van der Waals surface area (Å²) in [5.41, 5.74) is 1.36. The molecule has 0 radical (unpaired) electrons. The van der Waals surface area contributed by atoms with Gasteiger partial charge < -0.3 is 0 Å². The Kier molecular flexibility index (Phi) is 6.91. The van der Waals surface area contributed by atoms with Gasteiger partial charge in [-0.3, -0.25) is 5.14 Å². The van der Waals surface area contributed by atoms with Gasteiger partial charge in [0.2, 0.25) is 0 Å². The summed E-state index contributed by atoms with van der Waals surface area (Å²) < 4.78 is 0. The van der Waals surface area contributed by atoms with Gasteiger partial charge in [0.1, 0.15) is 0 Å². The van der Waals surface area contributed by atoms with Gasteiger partial charge in [-0.2, -0.15) is 0 Å². The molecule has 0 saturated heterocycles. The fourth-order valence-corrected chi connectivity index (χ4v) is 1.10. The molecule has 1 nitrogen and oxygen atoms in total. The van der Waals surface area contributed by atoms with Crippen molar-refractivity contribution in [3.8, 4) is 0 Å². The van der Waals surface area contributed by atoms with Gasteiger partial charge in [-0.15, -0.1) is 0 Å². The van der Waals surface area contributed by atoms with Crippen LogP contribution in [0.4, 0.5) is 0 Å². The topological polar surface area (TPSA) is 26.0 Å². The molecule has 1 aromatic rings. The highest BCUT2D eigenvalue weighted by Gasteiger charge is 1.89. The zero-order valence-corrected chi connectivity index (χ0v) is 8.82. The fraction of sp³-hybridized carbons (Fsp3) is 0.400. The van der Waals surface area contributed by atoms with Crippen LogP contribution in [0.5, 0.6) is 0 Å². The lowest BCUT2D eigenvalue weighted by molar-refractivity contribution is 1.13. The Balaban J connectivity index is 0.000000561. The van der Waals surface area contributed by atoms with E-state index in [9.17, 15) is 0 Å². The van der Waals surface area contributed by atoms with Gasteiger partial charge in [-0.05, 0) is 36.1 Å². The first kappa shape index (κ1) is 11.5. The average molecular weight is 183 g/mol. The number of aryl methyl sites for hydroxylation is 1. The fourth-order valence-electron chi connectivity index (χ4n) is 0.804. The molecule has 0 bridgehead atoms. The quantitative estimate of drug-likeness (QED) is 0.712. The molecule has 2 heteroatoms. The lowest BCUT2D eigenvalue weighted by atomic mass is 10.2. The second kappa shape index (κ2) is 7.19. The molecule has 0 aliphatic rings. The van der Waals surface area contributed by atoms with Gasteiger partial charge in [0.25, 0.3) is 0 Å². The summed E-state index contributed by atoms with van der Waals surface area (Å²) in [4.78, 5) is 1.12. The van der Waals surface area contributed by atoms with Crippen molar-refractivity contribution < 1.29 is 0 Å². The molecule has 0 aliphatic heterocycles. The molecule has 0 fully saturated rings. The maximum Gasteiger partial charge on any atom is 0.0226 e. The van der Waals surface area contributed by atoms with E-state index in [4.69, 9.17) is 5.14 Å². The molecule has 68 valence electrons. The monoisotopic (exact) mass is 183 g/mol. The molecule has 0 heterocycles. The Morgan fingerprint density at radius 1 is 1.17 bits per heavy atom. The number of hydrogen-bond donors (Lipinski definition) is 1. The van der Waals surface area contributed by atoms with Crippen LogP contribution in [-0.2, 0) is 6.42 Å². The minimum atomic E-state index is 1.09. The van der Waals surface area contributed by atoms with Crippen LogP contribution in [0.2, 0.25) is 0 Å². The number of nitrogens with two attached hydrogens (primary N) is 1. The third-order valence-electron chi connectivity index (χ3n) is 1.47. The zero-order valence-electron chi connectivity index (χ0n) is 8.00. The first-order valence-electron chi connectivity index (χ1n) is 4.32. The Morgan fingerprint density at radius 2 is 1.67 bits per heavy atom.